The Morgan fingerprint density at radius 1 is 1.54 bits per heavy atom. The molecule has 5 N–H and O–H groups in total. The van der Waals surface area contributed by atoms with Gasteiger partial charge in [-0.15, -0.1) is 0 Å². The number of nitrogens with zero attached hydrogens (tertiary/aromatic N) is 3. The van der Waals surface area contributed by atoms with Gasteiger partial charge in [-0.1, -0.05) is 0 Å². The number of aryl methyl sites for hydroxylation is 1. The van der Waals surface area contributed by atoms with Crippen molar-refractivity contribution < 1.29 is 16.0 Å². The van der Waals surface area contributed by atoms with Gasteiger partial charge in [0.2, 0.25) is 7.98 Å². The van der Waals surface area contributed by atoms with Crippen LogP contribution >= 0.6 is 99.9 Å². The molecule has 0 saturated heterocycles. The molecule has 0 aromatic carbocycles. The van der Waals surface area contributed by atoms with Crippen LogP contribution in [0.5, 0.6) is 0 Å². The summed E-state index contributed by atoms with van der Waals surface area (Å²) in [5.41, 5.74) is 10.3. The molecule has 1 rings (SSSR count). The first-order valence-corrected chi connectivity index (χ1v) is 30.5. The van der Waals surface area contributed by atoms with Crippen molar-refractivity contribution in [2.45, 2.75) is 13.8 Å². The third-order valence-electron chi connectivity index (χ3n) is 1.23. The van der Waals surface area contributed by atoms with Gasteiger partial charge in [0.1, 0.15) is 5.78 Å². The molecular weight excluding hydrogens is 978 g/mol. The van der Waals surface area contributed by atoms with E-state index < -0.39 is 11.2 Å². The molecule has 0 fully saturated rings. The molecule has 0 spiro atoms. The fourth-order valence-electron chi connectivity index (χ4n) is 0.678. The van der Waals surface area contributed by atoms with Crippen LogP contribution in [0.3, 0.4) is 0 Å². The van der Waals surface area contributed by atoms with Crippen molar-refractivity contribution in [3.63, 3.8) is 0 Å². The van der Waals surface area contributed by atoms with Crippen LogP contribution in [-0.4, -0.2) is 48.2 Å². The van der Waals surface area contributed by atoms with Gasteiger partial charge in [0.05, 0.1) is 5.69 Å². The minimum atomic E-state index is -1.22. The Labute approximate surface area is 219 Å². The van der Waals surface area contributed by atoms with Crippen molar-refractivity contribution in [3.05, 3.63) is 11.9 Å². The minimum absolute atomic E-state index is 0.0532. The molecule has 1 aromatic heterocycles. The number of carbonyl (C=O) groups is 1. The Kier molecular flexibility index (Phi) is 33.1. The van der Waals surface area contributed by atoms with Gasteiger partial charge < -0.3 is 21.2 Å². The maximum absolute atomic E-state index is 9.90. The first-order chi connectivity index (χ1) is 11.6. The number of nitrogens with one attached hydrogen (secondary N) is 1. The van der Waals surface area contributed by atoms with Gasteiger partial charge in [-0.2, -0.15) is 5.26 Å². The molecule has 0 saturated carbocycles. The van der Waals surface area contributed by atoms with Gasteiger partial charge in [-0.25, -0.2) is 4.98 Å². The summed E-state index contributed by atoms with van der Waals surface area (Å²) in [6.45, 7) is 3.57. The first kappa shape index (κ1) is 36.0. The molecule has 0 aliphatic carbocycles. The predicted molar refractivity (Wildman–Crippen MR) is 151 cm³/mol. The number of hydrogen-bond acceptors (Lipinski definition) is 6. The van der Waals surface area contributed by atoms with E-state index in [-0.39, 0.29) is 12.3 Å². The summed E-state index contributed by atoms with van der Waals surface area (Å²) >= 11 is 12.0. The SMILES string of the molecule is N#CN.[B]NCC(C)=O.[B]n1cc(C)nc1N.[CH2]=[V]([I])([I])[I].[CH2]=[V]([I])[I]. The summed E-state index contributed by atoms with van der Waals surface area (Å²) < 4.78 is 0.0720. The second-order valence-electron chi connectivity index (χ2n) is 3.71. The van der Waals surface area contributed by atoms with Crippen molar-refractivity contribution in [2.24, 2.45) is 5.73 Å². The second-order valence-corrected chi connectivity index (χ2v) is 66.8. The van der Waals surface area contributed by atoms with E-state index in [9.17, 15) is 4.79 Å². The molecule has 4 radical (unpaired) electrons. The summed E-state index contributed by atoms with van der Waals surface area (Å²) in [4.78, 5) is 13.7. The Balaban J connectivity index is -0.000000122. The van der Waals surface area contributed by atoms with E-state index in [1.165, 1.54) is 17.6 Å². The molecule has 7 nitrogen and oxygen atoms in total. The van der Waals surface area contributed by atoms with Gasteiger partial charge >= 0.3 is 122 Å². The Bertz CT molecular complexity index is 575. The van der Waals surface area contributed by atoms with Crippen molar-refractivity contribution in [1.82, 2.24) is 14.7 Å². The standard InChI is InChI=1S/C4H6BN3.C3H6BNO.CH2N2.2CH2.5HI.2V/c1-3-2-8(5)4(6)7-3;1-3(6)2-5-4;2-1-3;;;;;;;;;/h2H,1H3,(H2,6,7);5H,2H2,1H3;2H2;2*1H2;5*1H;;/q;;;;;;;;;;+2;+3/p-5. The number of nitrogens with two attached hydrogens (primary N) is 2. The average molecular weight is 996 g/mol. The average Bonchev–Trinajstić information content (AvgIpc) is 2.65. The predicted octanol–water partition coefficient (Wildman–Crippen LogP) is 2.74. The number of ketones is 1. The van der Waals surface area contributed by atoms with Crippen LogP contribution in [0.15, 0.2) is 6.20 Å². The molecule has 1 heterocycles. The molecular formula is C10H18B2I5N6OV2. The van der Waals surface area contributed by atoms with Crippen LogP contribution in [0.25, 0.3) is 0 Å². The monoisotopic (exact) mass is 997 g/mol. The number of halogens is 5. The molecule has 26 heavy (non-hydrogen) atoms. The maximum atomic E-state index is 9.90. The van der Waals surface area contributed by atoms with E-state index in [4.69, 9.17) is 27.0 Å². The molecule has 0 amide bonds. The van der Waals surface area contributed by atoms with Gasteiger partial charge in [0, 0.05) is 12.7 Å². The van der Waals surface area contributed by atoms with Crippen LogP contribution in [-0.2, 0) is 16.0 Å². The number of rotatable bonds is 2. The van der Waals surface area contributed by atoms with E-state index in [0.29, 0.717) is 5.95 Å². The summed E-state index contributed by atoms with van der Waals surface area (Å²) in [5.74, 6) is 0.403. The topological polar surface area (TPSA) is 123 Å². The molecule has 0 aliphatic heterocycles. The van der Waals surface area contributed by atoms with Gasteiger partial charge in [-0.3, -0.25) is 4.79 Å². The van der Waals surface area contributed by atoms with Crippen LogP contribution in [0, 0.1) is 18.4 Å². The van der Waals surface area contributed by atoms with Gasteiger partial charge in [0.25, 0.3) is 0 Å². The fourth-order valence-corrected chi connectivity index (χ4v) is 0.678. The molecule has 0 bridgehead atoms. The zero-order valence-electron chi connectivity index (χ0n) is 14.0. The summed E-state index contributed by atoms with van der Waals surface area (Å²) in [5, 5.41) is 17.0. The number of imidazole rings is 1. The summed E-state index contributed by atoms with van der Waals surface area (Å²) in [6.07, 6.45) is 2.91. The number of anilines is 1. The van der Waals surface area contributed by atoms with Gasteiger partial charge in [0.15, 0.2) is 20.1 Å². The molecule has 0 unspecified atom stereocenters. The zero-order chi connectivity index (χ0) is 21.9. The molecule has 145 valence electrons. The van der Waals surface area contributed by atoms with Crippen molar-refractivity contribution in [3.8, 4) is 6.19 Å². The number of carbonyl (C=O) groups excluding carboxylic acids is 1. The normalized spacial score (nSPS) is 8.38. The van der Waals surface area contributed by atoms with E-state index in [0.717, 1.165) is 5.69 Å². The molecule has 16 heteroatoms. The molecule has 0 atom stereocenters. The van der Waals surface area contributed by atoms with Crippen LogP contribution < -0.4 is 16.7 Å². The fraction of sp³-hybridized carbons (Fsp3) is 0.300. The Morgan fingerprint density at radius 3 is 1.88 bits per heavy atom. The van der Waals surface area contributed by atoms with E-state index in [2.05, 4.69) is 126 Å². The van der Waals surface area contributed by atoms with Crippen molar-refractivity contribution >= 4 is 138 Å². The second kappa shape index (κ2) is 23.9. The Morgan fingerprint density at radius 2 is 1.85 bits per heavy atom. The number of aromatic nitrogens is 2. The van der Waals surface area contributed by atoms with E-state index in [1.54, 1.807) is 6.20 Å². The van der Waals surface area contributed by atoms with Crippen LogP contribution in [0.2, 0.25) is 0 Å². The Hall–Kier alpha value is 2.62. The molecule has 1 aromatic rings. The van der Waals surface area contributed by atoms with E-state index in [1.807, 2.05) is 6.92 Å². The summed E-state index contributed by atoms with van der Waals surface area (Å²) in [7, 11) is 9.53. The first-order valence-electron chi connectivity index (χ1n) is 5.95. The third-order valence-corrected chi connectivity index (χ3v) is 1.23. The van der Waals surface area contributed by atoms with Crippen molar-refractivity contribution in [1.29, 1.82) is 5.26 Å². The summed E-state index contributed by atoms with van der Waals surface area (Å²) in [6, 6.07) is 0. The van der Waals surface area contributed by atoms with Crippen LogP contribution in [0.4, 0.5) is 5.95 Å². The number of Topliss-reactive ketones (excluding diaryl/α,β-unsaturated/α-hetero) is 1. The number of nitriles is 1. The number of hydrogen-bond donors (Lipinski definition) is 3. The quantitative estimate of drug-likeness (QED) is 0.182. The van der Waals surface area contributed by atoms with Crippen molar-refractivity contribution in [2.75, 3.05) is 12.3 Å². The number of nitrogen functional groups attached to an aromatic ring is 1. The molecule has 0 aliphatic rings. The zero-order valence-corrected chi connectivity index (χ0v) is 27.6. The van der Waals surface area contributed by atoms with Crippen LogP contribution in [0.1, 0.15) is 12.6 Å². The van der Waals surface area contributed by atoms with Gasteiger partial charge in [-0.05, 0) is 13.8 Å². The third kappa shape index (κ3) is 56.3. The van der Waals surface area contributed by atoms with E-state index >= 15 is 0 Å².